The Morgan fingerprint density at radius 1 is 0.667 bits per heavy atom. The minimum Gasteiger partial charge on any atom is -0.396 e. The van der Waals surface area contributed by atoms with Gasteiger partial charge in [-0.05, 0) is 31.7 Å². The molecular formula is C26H22Cl2F4N6O4. The average Bonchev–Trinajstić information content (AvgIpc) is 3.36. The Labute approximate surface area is 244 Å². The summed E-state index contributed by atoms with van der Waals surface area (Å²) in [6, 6.07) is 2.88. The lowest BCUT2D eigenvalue weighted by Gasteiger charge is -2.17. The van der Waals surface area contributed by atoms with E-state index in [2.05, 4.69) is 0 Å². The largest absolute Gasteiger partial charge is 0.396 e. The molecule has 0 radical (unpaired) electrons. The lowest BCUT2D eigenvalue weighted by Crippen LogP contribution is -2.27. The van der Waals surface area contributed by atoms with Crippen molar-refractivity contribution in [2.24, 2.45) is 0 Å². The molecule has 0 saturated heterocycles. The van der Waals surface area contributed by atoms with Crippen LogP contribution < -0.4 is 16.9 Å². The number of anilines is 1. The quantitative estimate of drug-likeness (QED) is 0.137. The Bertz CT molecular complexity index is 1860. The van der Waals surface area contributed by atoms with Gasteiger partial charge in [0.15, 0.2) is 0 Å². The highest BCUT2D eigenvalue weighted by Gasteiger charge is 2.28. The van der Waals surface area contributed by atoms with Crippen LogP contribution in [0, 0.1) is 33.4 Å². The van der Waals surface area contributed by atoms with Crippen LogP contribution in [0.3, 0.4) is 0 Å². The summed E-state index contributed by atoms with van der Waals surface area (Å²) < 4.78 is 60.6. The second kappa shape index (κ2) is 11.3. The van der Waals surface area contributed by atoms with E-state index in [1.54, 1.807) is 4.68 Å². The first-order valence-electron chi connectivity index (χ1n) is 12.8. The van der Waals surface area contributed by atoms with E-state index in [-0.39, 0.29) is 43.8 Å². The number of fused-ring (bicyclic) bond motifs is 2. The summed E-state index contributed by atoms with van der Waals surface area (Å²) in [4.78, 5) is 34.6. The van der Waals surface area contributed by atoms with Crippen LogP contribution in [-0.2, 0) is 26.2 Å². The molecule has 2 aromatic heterocycles. The van der Waals surface area contributed by atoms with Crippen molar-refractivity contribution in [1.82, 2.24) is 18.7 Å². The molecule has 16 heteroatoms. The number of nitro groups is 1. The van der Waals surface area contributed by atoms with Gasteiger partial charge in [0.25, 0.3) is 11.1 Å². The maximum Gasteiger partial charge on any atom is 0.305 e. The fraction of sp³-hybridized carbons (Fsp3) is 0.308. The first kappa shape index (κ1) is 29.5. The number of rotatable bonds is 3. The van der Waals surface area contributed by atoms with Gasteiger partial charge in [-0.1, -0.05) is 23.2 Å². The summed E-state index contributed by atoms with van der Waals surface area (Å²) in [5.41, 5.74) is 2.86. The summed E-state index contributed by atoms with van der Waals surface area (Å²) in [6.45, 7) is 2.08. The predicted octanol–water partition coefficient (Wildman–Crippen LogP) is 5.57. The highest BCUT2D eigenvalue weighted by atomic mass is 35.5. The van der Waals surface area contributed by atoms with Gasteiger partial charge in [0, 0.05) is 55.5 Å². The number of halogens is 6. The lowest BCUT2D eigenvalue weighted by molar-refractivity contribution is -0.387. The van der Waals surface area contributed by atoms with E-state index in [0.717, 1.165) is 31.7 Å². The van der Waals surface area contributed by atoms with Gasteiger partial charge in [-0.25, -0.2) is 22.5 Å². The van der Waals surface area contributed by atoms with E-state index in [1.165, 1.54) is 14.0 Å². The summed E-state index contributed by atoms with van der Waals surface area (Å²) >= 11 is 12.3. The predicted molar refractivity (Wildman–Crippen MR) is 148 cm³/mol. The Hall–Kier alpha value is -4.04. The highest BCUT2D eigenvalue weighted by Crippen LogP contribution is 2.34. The summed E-state index contributed by atoms with van der Waals surface area (Å²) in [5, 5.41) is 11.0. The van der Waals surface area contributed by atoms with Crippen LogP contribution >= 0.6 is 23.2 Å². The van der Waals surface area contributed by atoms with Crippen molar-refractivity contribution < 1.29 is 22.5 Å². The first-order valence-corrected chi connectivity index (χ1v) is 13.5. The number of nitrogens with zero attached hydrogens (tertiary/aromatic N) is 5. The van der Waals surface area contributed by atoms with Gasteiger partial charge >= 0.3 is 5.69 Å². The number of nitrogen functional groups attached to an aromatic ring is 1. The monoisotopic (exact) mass is 628 g/mol. The minimum atomic E-state index is -1.30. The lowest BCUT2D eigenvalue weighted by atomic mass is 10.1. The number of nitrogens with two attached hydrogens (primary N) is 1. The fourth-order valence-electron chi connectivity index (χ4n) is 5.13. The molecule has 2 aromatic carbocycles. The zero-order valence-electron chi connectivity index (χ0n) is 21.7. The normalized spacial score (nSPS) is 14.1. The molecule has 4 aromatic rings. The van der Waals surface area contributed by atoms with Crippen molar-refractivity contribution in [2.45, 2.75) is 51.9 Å². The van der Waals surface area contributed by atoms with Gasteiger partial charge in [0.2, 0.25) is 5.82 Å². The van der Waals surface area contributed by atoms with Gasteiger partial charge < -0.3 is 5.73 Å². The summed E-state index contributed by atoms with van der Waals surface area (Å²) in [7, 11) is 0. The molecule has 0 bridgehead atoms. The first-order chi connectivity index (χ1) is 19.9. The zero-order chi connectivity index (χ0) is 30.5. The zero-order valence-corrected chi connectivity index (χ0v) is 23.2. The van der Waals surface area contributed by atoms with Crippen molar-refractivity contribution in [2.75, 3.05) is 5.73 Å². The second-order valence-electron chi connectivity index (χ2n) is 9.74. The van der Waals surface area contributed by atoms with E-state index < -0.39 is 39.4 Å². The molecule has 4 heterocycles. The molecule has 0 atom stereocenters. The molecule has 222 valence electrons. The Balaban J connectivity index is 0.000000169. The third-order valence-corrected chi connectivity index (χ3v) is 7.95. The van der Waals surface area contributed by atoms with Crippen molar-refractivity contribution >= 4 is 34.6 Å². The molecule has 6 rings (SSSR count). The van der Waals surface area contributed by atoms with Crippen LogP contribution in [0.4, 0.5) is 28.9 Å². The molecule has 2 aliphatic rings. The topological polar surface area (TPSA) is 123 Å². The molecule has 42 heavy (non-hydrogen) atoms. The van der Waals surface area contributed by atoms with E-state index in [1.807, 2.05) is 0 Å². The number of aromatic nitrogens is 4. The molecule has 2 aliphatic heterocycles. The van der Waals surface area contributed by atoms with Crippen LogP contribution in [0.5, 0.6) is 0 Å². The number of benzene rings is 2. The molecule has 0 saturated carbocycles. The van der Waals surface area contributed by atoms with E-state index >= 15 is 0 Å². The van der Waals surface area contributed by atoms with Crippen LogP contribution in [0.25, 0.3) is 22.3 Å². The molecule has 10 nitrogen and oxygen atoms in total. The van der Waals surface area contributed by atoms with Crippen molar-refractivity contribution in [3.63, 3.8) is 0 Å². The van der Waals surface area contributed by atoms with Crippen molar-refractivity contribution in [3.8, 4) is 22.3 Å². The van der Waals surface area contributed by atoms with E-state index in [0.29, 0.717) is 44.4 Å². The average molecular weight is 629 g/mol. The van der Waals surface area contributed by atoms with Crippen molar-refractivity contribution in [1.29, 1.82) is 0 Å². The van der Waals surface area contributed by atoms with Gasteiger partial charge in [0.1, 0.15) is 27.8 Å². The van der Waals surface area contributed by atoms with E-state index in [9.17, 15) is 37.3 Å². The van der Waals surface area contributed by atoms with Gasteiger partial charge in [-0.15, -0.1) is 0 Å². The van der Waals surface area contributed by atoms with Gasteiger partial charge in [0.05, 0.1) is 21.7 Å². The smallest absolute Gasteiger partial charge is 0.305 e. The van der Waals surface area contributed by atoms with Gasteiger partial charge in [-0.2, -0.15) is 4.39 Å². The molecule has 0 unspecified atom stereocenters. The number of hydrogen-bond donors (Lipinski definition) is 1. The fourth-order valence-corrected chi connectivity index (χ4v) is 5.85. The second-order valence-corrected chi connectivity index (χ2v) is 10.5. The van der Waals surface area contributed by atoms with Crippen LogP contribution in [0.2, 0.25) is 10.3 Å². The third-order valence-electron chi connectivity index (χ3n) is 7.18. The van der Waals surface area contributed by atoms with Crippen LogP contribution in [0.15, 0.2) is 33.9 Å². The van der Waals surface area contributed by atoms with Gasteiger partial charge in [-0.3, -0.25) is 29.1 Å². The molecule has 0 fully saturated rings. The standard InChI is InChI=1S/C13H10ClF2N3O3.C13H12ClF2N3O/c14-12-11(13(20)18-4-2-1-3-17(12)18)7-5-10(19(21)22)9(16)6-8(7)15;14-12-11(7-5-10(17)9(16)6-8(7)15)13(20)19-4-2-1-3-18(12)19/h5-6H,1-4H2;5-6H,1-4,17H2. The van der Waals surface area contributed by atoms with E-state index in [4.69, 9.17) is 28.9 Å². The Morgan fingerprint density at radius 3 is 1.50 bits per heavy atom. The molecular weight excluding hydrogens is 607 g/mol. The molecule has 2 N–H and O–H groups in total. The molecule has 0 amide bonds. The Morgan fingerprint density at radius 2 is 1.07 bits per heavy atom. The highest BCUT2D eigenvalue weighted by molar-refractivity contribution is 6.32. The SMILES string of the molecule is Nc1cc(-c2c(Cl)n3n(c2=O)CCCC3)c(F)cc1F.O=c1c(-c2cc([N+](=O)[O-])c(F)cc2F)c(Cl)n2n1CCCC2. The maximum atomic E-state index is 14.0. The third kappa shape index (κ3) is 4.98. The van der Waals surface area contributed by atoms with Crippen molar-refractivity contribution in [3.05, 3.63) is 88.7 Å². The number of hydrogen-bond acceptors (Lipinski definition) is 5. The minimum absolute atomic E-state index is 0.00417. The summed E-state index contributed by atoms with van der Waals surface area (Å²) in [6.07, 6.45) is 3.38. The molecule has 0 spiro atoms. The van der Waals surface area contributed by atoms with Crippen LogP contribution in [-0.4, -0.2) is 23.7 Å². The maximum absolute atomic E-state index is 14.0. The number of nitro benzene ring substituents is 1. The van der Waals surface area contributed by atoms with Crippen LogP contribution in [0.1, 0.15) is 25.7 Å². The molecule has 0 aliphatic carbocycles. The summed E-state index contributed by atoms with van der Waals surface area (Å²) in [5.74, 6) is -4.07. The Kier molecular flexibility index (Phi) is 7.94.